The first-order valence-corrected chi connectivity index (χ1v) is 9.15. The quantitative estimate of drug-likeness (QED) is 0.833. The Balaban J connectivity index is 1.42. The van der Waals surface area contributed by atoms with Crippen LogP contribution in [-0.2, 0) is 11.8 Å². The maximum atomic E-state index is 12.2. The molecule has 2 fully saturated rings. The van der Waals surface area contributed by atoms with Gasteiger partial charge in [0.1, 0.15) is 11.9 Å². The molecule has 0 radical (unpaired) electrons. The van der Waals surface area contributed by atoms with Gasteiger partial charge in [0.2, 0.25) is 5.91 Å². The number of ether oxygens (including phenoxy) is 1. The molecule has 5 nitrogen and oxygen atoms in total. The van der Waals surface area contributed by atoms with Crippen LogP contribution in [0.3, 0.4) is 0 Å². The van der Waals surface area contributed by atoms with E-state index < -0.39 is 0 Å². The summed E-state index contributed by atoms with van der Waals surface area (Å²) in [7, 11) is 1.75. The molecule has 0 atom stereocenters. The van der Waals surface area contributed by atoms with Gasteiger partial charge in [-0.3, -0.25) is 9.59 Å². The molecule has 0 aromatic carbocycles. The van der Waals surface area contributed by atoms with Crippen molar-refractivity contribution in [3.8, 4) is 5.75 Å². The highest BCUT2D eigenvalue weighted by Gasteiger charge is 2.32. The lowest BCUT2D eigenvalue weighted by molar-refractivity contribution is -0.140. The standard InChI is InChI=1S/C19H28N2O3/c1-14-10-16(11-19(23)20(14)2)24-17-12-21(13-17)18(22)9-8-15-6-4-3-5-7-15/h10-11,15,17H,3-9,12-13H2,1-2H3. The van der Waals surface area contributed by atoms with E-state index in [-0.39, 0.29) is 17.6 Å². The van der Waals surface area contributed by atoms with Gasteiger partial charge in [0.15, 0.2) is 0 Å². The van der Waals surface area contributed by atoms with Crippen LogP contribution in [0, 0.1) is 12.8 Å². The normalized spacial score (nSPS) is 19.2. The third kappa shape index (κ3) is 4.00. The minimum atomic E-state index is -0.0651. The minimum absolute atomic E-state index is 0.00939. The number of carbonyl (C=O) groups is 1. The summed E-state index contributed by atoms with van der Waals surface area (Å²) in [6.45, 7) is 3.16. The Morgan fingerprint density at radius 2 is 1.92 bits per heavy atom. The molecule has 1 aliphatic heterocycles. The number of amides is 1. The maximum absolute atomic E-state index is 12.2. The summed E-state index contributed by atoms with van der Waals surface area (Å²) in [6.07, 6.45) is 8.32. The molecule has 2 aliphatic rings. The second-order valence-electron chi connectivity index (χ2n) is 7.31. The molecular formula is C19H28N2O3. The average Bonchev–Trinajstić information content (AvgIpc) is 2.54. The minimum Gasteiger partial charge on any atom is -0.486 e. The van der Waals surface area contributed by atoms with Crippen molar-refractivity contribution >= 4 is 5.91 Å². The number of rotatable bonds is 5. The molecule has 2 heterocycles. The zero-order chi connectivity index (χ0) is 17.1. The van der Waals surface area contributed by atoms with Gasteiger partial charge in [-0.2, -0.15) is 0 Å². The van der Waals surface area contributed by atoms with Crippen molar-refractivity contribution in [2.24, 2.45) is 13.0 Å². The molecule has 1 aromatic rings. The zero-order valence-corrected chi connectivity index (χ0v) is 14.8. The van der Waals surface area contributed by atoms with Crippen molar-refractivity contribution < 1.29 is 9.53 Å². The monoisotopic (exact) mass is 332 g/mol. The highest BCUT2D eigenvalue weighted by Crippen LogP contribution is 2.28. The molecule has 1 saturated heterocycles. The first-order chi connectivity index (χ1) is 11.5. The summed E-state index contributed by atoms with van der Waals surface area (Å²) >= 11 is 0. The first-order valence-electron chi connectivity index (χ1n) is 9.15. The third-order valence-corrected chi connectivity index (χ3v) is 5.47. The molecule has 0 N–H and O–H groups in total. The molecule has 1 aliphatic carbocycles. The van der Waals surface area contributed by atoms with Gasteiger partial charge in [-0.05, 0) is 25.3 Å². The number of nitrogens with zero attached hydrogens (tertiary/aromatic N) is 2. The highest BCUT2D eigenvalue weighted by atomic mass is 16.5. The van der Waals surface area contributed by atoms with E-state index in [1.54, 1.807) is 11.6 Å². The smallest absolute Gasteiger partial charge is 0.254 e. The number of pyridine rings is 1. The Labute approximate surface area is 143 Å². The fourth-order valence-corrected chi connectivity index (χ4v) is 3.68. The molecular weight excluding hydrogens is 304 g/mol. The lowest BCUT2D eigenvalue weighted by atomic mass is 9.86. The van der Waals surface area contributed by atoms with Crippen molar-refractivity contribution in [2.45, 2.75) is 58.0 Å². The first kappa shape index (κ1) is 17.1. The highest BCUT2D eigenvalue weighted by molar-refractivity contribution is 5.77. The van der Waals surface area contributed by atoms with Gasteiger partial charge in [0.25, 0.3) is 5.56 Å². The lowest BCUT2D eigenvalue weighted by Gasteiger charge is -2.39. The van der Waals surface area contributed by atoms with Gasteiger partial charge in [-0.15, -0.1) is 0 Å². The summed E-state index contributed by atoms with van der Waals surface area (Å²) in [6, 6.07) is 3.38. The van der Waals surface area contributed by atoms with Crippen LogP contribution >= 0.6 is 0 Å². The molecule has 1 aromatic heterocycles. The molecule has 24 heavy (non-hydrogen) atoms. The van der Waals surface area contributed by atoms with Crippen molar-refractivity contribution in [1.29, 1.82) is 0 Å². The molecule has 3 rings (SSSR count). The van der Waals surface area contributed by atoms with Crippen LogP contribution in [0.25, 0.3) is 0 Å². The molecule has 5 heteroatoms. The Kier molecular flexibility index (Phi) is 5.27. The Bertz CT molecular complexity index is 641. The van der Waals surface area contributed by atoms with E-state index in [0.717, 1.165) is 18.0 Å². The predicted molar refractivity (Wildman–Crippen MR) is 93.2 cm³/mol. The maximum Gasteiger partial charge on any atom is 0.254 e. The number of aromatic nitrogens is 1. The molecule has 132 valence electrons. The van der Waals surface area contributed by atoms with Crippen LogP contribution in [-0.4, -0.2) is 34.6 Å². The van der Waals surface area contributed by atoms with E-state index in [0.29, 0.717) is 25.3 Å². The van der Waals surface area contributed by atoms with Crippen LogP contribution in [0.2, 0.25) is 0 Å². The lowest BCUT2D eigenvalue weighted by Crippen LogP contribution is -2.56. The topological polar surface area (TPSA) is 51.5 Å². The Morgan fingerprint density at radius 3 is 2.58 bits per heavy atom. The molecule has 1 saturated carbocycles. The molecule has 0 unspecified atom stereocenters. The number of hydrogen-bond acceptors (Lipinski definition) is 3. The number of likely N-dealkylation sites (tertiary alicyclic amines) is 1. The number of carbonyl (C=O) groups excluding carboxylic acids is 1. The number of hydrogen-bond donors (Lipinski definition) is 0. The van der Waals surface area contributed by atoms with Crippen LogP contribution in [0.15, 0.2) is 16.9 Å². The fraction of sp³-hybridized carbons (Fsp3) is 0.684. The van der Waals surface area contributed by atoms with E-state index in [4.69, 9.17) is 4.74 Å². The number of aryl methyl sites for hydroxylation is 1. The van der Waals surface area contributed by atoms with Crippen LogP contribution in [0.4, 0.5) is 0 Å². The SMILES string of the molecule is Cc1cc(OC2CN(C(=O)CCC3CCCCC3)C2)cc(=O)n1C. The Hall–Kier alpha value is -1.78. The van der Waals surface area contributed by atoms with Crippen molar-refractivity contribution in [2.75, 3.05) is 13.1 Å². The fourth-order valence-electron chi connectivity index (χ4n) is 3.68. The van der Waals surface area contributed by atoms with Crippen molar-refractivity contribution in [1.82, 2.24) is 9.47 Å². The van der Waals surface area contributed by atoms with Gasteiger partial charge in [0.05, 0.1) is 13.1 Å². The van der Waals surface area contributed by atoms with E-state index in [2.05, 4.69) is 0 Å². The van der Waals surface area contributed by atoms with Crippen LogP contribution in [0.5, 0.6) is 5.75 Å². The molecule has 0 bridgehead atoms. The predicted octanol–water partition coefficient (Wildman–Crippen LogP) is 2.64. The second-order valence-corrected chi connectivity index (χ2v) is 7.31. The summed E-state index contributed by atoms with van der Waals surface area (Å²) in [4.78, 5) is 25.9. The van der Waals surface area contributed by atoms with Gasteiger partial charge >= 0.3 is 0 Å². The van der Waals surface area contributed by atoms with E-state index >= 15 is 0 Å². The summed E-state index contributed by atoms with van der Waals surface area (Å²) in [5.74, 6) is 1.61. The summed E-state index contributed by atoms with van der Waals surface area (Å²) in [5, 5.41) is 0. The van der Waals surface area contributed by atoms with Crippen LogP contribution < -0.4 is 10.3 Å². The largest absolute Gasteiger partial charge is 0.486 e. The zero-order valence-electron chi connectivity index (χ0n) is 14.8. The average molecular weight is 332 g/mol. The van der Waals surface area contributed by atoms with E-state index in [1.807, 2.05) is 17.9 Å². The van der Waals surface area contributed by atoms with Gasteiger partial charge < -0.3 is 14.2 Å². The molecule has 1 amide bonds. The molecule has 0 spiro atoms. The third-order valence-electron chi connectivity index (χ3n) is 5.47. The van der Waals surface area contributed by atoms with Gasteiger partial charge in [0, 0.05) is 25.2 Å². The van der Waals surface area contributed by atoms with E-state index in [9.17, 15) is 9.59 Å². The van der Waals surface area contributed by atoms with Crippen LogP contribution in [0.1, 0.15) is 50.6 Å². The summed E-state index contributed by atoms with van der Waals surface area (Å²) < 4.78 is 7.43. The van der Waals surface area contributed by atoms with Crippen molar-refractivity contribution in [3.63, 3.8) is 0 Å². The van der Waals surface area contributed by atoms with E-state index in [1.165, 1.54) is 38.2 Å². The van der Waals surface area contributed by atoms with Gasteiger partial charge in [-0.1, -0.05) is 32.1 Å². The second kappa shape index (κ2) is 7.41. The van der Waals surface area contributed by atoms with Gasteiger partial charge in [-0.25, -0.2) is 0 Å². The summed E-state index contributed by atoms with van der Waals surface area (Å²) in [5.41, 5.74) is 0.807. The van der Waals surface area contributed by atoms with Crippen molar-refractivity contribution in [3.05, 3.63) is 28.2 Å². The Morgan fingerprint density at radius 1 is 1.21 bits per heavy atom.